The van der Waals surface area contributed by atoms with Gasteiger partial charge in [-0.05, 0) is 61.4 Å². The Labute approximate surface area is 213 Å². The van der Waals surface area contributed by atoms with Gasteiger partial charge in [0.05, 0.1) is 23.8 Å². The molecule has 3 aromatic rings. The summed E-state index contributed by atoms with van der Waals surface area (Å²) in [6.45, 7) is 4.18. The quantitative estimate of drug-likeness (QED) is 0.222. The highest BCUT2D eigenvalue weighted by Gasteiger charge is 2.47. The van der Waals surface area contributed by atoms with Crippen molar-refractivity contribution in [3.8, 4) is 11.5 Å². The molecule has 0 bridgehead atoms. The summed E-state index contributed by atoms with van der Waals surface area (Å²) in [5.74, 6) is -1.40. The molecule has 2 aliphatic rings. The predicted octanol–water partition coefficient (Wildman–Crippen LogP) is 4.92. The molecule has 188 valence electrons. The van der Waals surface area contributed by atoms with Crippen LogP contribution >= 0.6 is 0 Å². The highest BCUT2D eigenvalue weighted by atomic mass is 16.7. The van der Waals surface area contributed by atoms with Gasteiger partial charge in [0.25, 0.3) is 11.7 Å². The van der Waals surface area contributed by atoms with Crippen LogP contribution in [0.2, 0.25) is 0 Å². The van der Waals surface area contributed by atoms with Crippen molar-refractivity contribution < 1.29 is 33.7 Å². The molecule has 1 fully saturated rings. The number of anilines is 1. The molecule has 2 aliphatic heterocycles. The Morgan fingerprint density at radius 2 is 1.73 bits per heavy atom. The maximum atomic E-state index is 13.4. The van der Waals surface area contributed by atoms with Crippen LogP contribution in [0.25, 0.3) is 5.76 Å². The fourth-order valence-corrected chi connectivity index (χ4v) is 4.49. The molecule has 0 radical (unpaired) electrons. The molecule has 0 aromatic heterocycles. The lowest BCUT2D eigenvalue weighted by Gasteiger charge is -2.26. The van der Waals surface area contributed by atoms with Crippen molar-refractivity contribution in [2.75, 3.05) is 18.3 Å². The van der Waals surface area contributed by atoms with Gasteiger partial charge in [-0.25, -0.2) is 4.79 Å². The predicted molar refractivity (Wildman–Crippen MR) is 136 cm³/mol. The normalized spacial score (nSPS) is 17.8. The summed E-state index contributed by atoms with van der Waals surface area (Å²) < 4.78 is 15.9. The molecule has 1 saturated heterocycles. The first-order chi connectivity index (χ1) is 17.9. The monoisotopic (exact) mass is 499 g/mol. The van der Waals surface area contributed by atoms with Gasteiger partial charge in [-0.1, -0.05) is 36.8 Å². The Balaban J connectivity index is 1.61. The number of aliphatic hydroxyl groups excluding tert-OH is 1. The van der Waals surface area contributed by atoms with E-state index in [0.717, 1.165) is 5.56 Å². The van der Waals surface area contributed by atoms with Crippen molar-refractivity contribution in [2.24, 2.45) is 0 Å². The second kappa shape index (κ2) is 9.81. The number of nitrogens with zero attached hydrogens (tertiary/aromatic N) is 1. The average molecular weight is 500 g/mol. The van der Waals surface area contributed by atoms with Gasteiger partial charge in [0.2, 0.25) is 6.79 Å². The molecular weight excluding hydrogens is 474 g/mol. The van der Waals surface area contributed by atoms with Gasteiger partial charge in [0, 0.05) is 11.3 Å². The van der Waals surface area contributed by atoms with Crippen molar-refractivity contribution in [3.05, 3.63) is 94.6 Å². The molecular formula is C29H25NO7. The molecule has 1 unspecified atom stereocenters. The summed E-state index contributed by atoms with van der Waals surface area (Å²) in [6, 6.07) is 17.7. The van der Waals surface area contributed by atoms with Crippen LogP contribution in [0.1, 0.15) is 46.4 Å². The van der Waals surface area contributed by atoms with E-state index in [2.05, 4.69) is 0 Å². The van der Waals surface area contributed by atoms with E-state index in [1.165, 1.54) is 4.90 Å². The Bertz CT molecular complexity index is 1420. The number of aryl methyl sites for hydroxylation is 1. The zero-order valence-electron chi connectivity index (χ0n) is 20.4. The van der Waals surface area contributed by atoms with Crippen molar-refractivity contribution in [1.82, 2.24) is 0 Å². The minimum Gasteiger partial charge on any atom is -0.507 e. The molecule has 1 N–H and O–H groups in total. The number of hydrogen-bond donors (Lipinski definition) is 1. The number of fused-ring (bicyclic) bond motifs is 1. The summed E-state index contributed by atoms with van der Waals surface area (Å²) in [6.07, 6.45) is 0.703. The third-order valence-corrected chi connectivity index (χ3v) is 6.27. The number of esters is 1. The Morgan fingerprint density at radius 3 is 2.46 bits per heavy atom. The molecule has 8 nitrogen and oxygen atoms in total. The fraction of sp³-hybridized carbons (Fsp3) is 0.207. The zero-order chi connectivity index (χ0) is 26.1. The van der Waals surface area contributed by atoms with Gasteiger partial charge in [0.15, 0.2) is 11.5 Å². The topological polar surface area (TPSA) is 102 Å². The van der Waals surface area contributed by atoms with E-state index >= 15 is 0 Å². The van der Waals surface area contributed by atoms with E-state index in [4.69, 9.17) is 14.2 Å². The number of aliphatic hydroxyl groups is 1. The summed E-state index contributed by atoms with van der Waals surface area (Å²) >= 11 is 0. The van der Waals surface area contributed by atoms with Crippen molar-refractivity contribution in [2.45, 2.75) is 26.3 Å². The number of carbonyl (C=O) groups is 3. The van der Waals surface area contributed by atoms with E-state index in [0.29, 0.717) is 46.9 Å². The smallest absolute Gasteiger partial charge is 0.338 e. The van der Waals surface area contributed by atoms with Gasteiger partial charge in [0.1, 0.15) is 5.76 Å². The molecule has 2 heterocycles. The Kier molecular flexibility index (Phi) is 6.40. The molecule has 0 aliphatic carbocycles. The molecule has 1 amide bonds. The third kappa shape index (κ3) is 4.42. The number of Topliss-reactive ketones (excluding diaryl/α,β-unsaturated/α-hetero) is 1. The number of ketones is 1. The van der Waals surface area contributed by atoms with Crippen LogP contribution in [-0.4, -0.2) is 36.2 Å². The van der Waals surface area contributed by atoms with Gasteiger partial charge in [-0.15, -0.1) is 0 Å². The minimum absolute atomic E-state index is 0.0408. The van der Waals surface area contributed by atoms with Crippen LogP contribution in [0.4, 0.5) is 5.69 Å². The van der Waals surface area contributed by atoms with Gasteiger partial charge < -0.3 is 19.3 Å². The summed E-state index contributed by atoms with van der Waals surface area (Å²) in [4.78, 5) is 40.3. The number of carbonyl (C=O) groups excluding carboxylic acids is 3. The molecule has 1 atom stereocenters. The molecule has 5 rings (SSSR count). The molecule has 37 heavy (non-hydrogen) atoms. The Hall–Kier alpha value is -4.59. The lowest BCUT2D eigenvalue weighted by molar-refractivity contribution is -0.132. The van der Waals surface area contributed by atoms with Gasteiger partial charge >= 0.3 is 5.97 Å². The van der Waals surface area contributed by atoms with Crippen LogP contribution in [0.15, 0.2) is 72.3 Å². The van der Waals surface area contributed by atoms with Crippen LogP contribution in [-0.2, 0) is 14.3 Å². The minimum atomic E-state index is -0.886. The van der Waals surface area contributed by atoms with Crippen LogP contribution < -0.4 is 14.4 Å². The first-order valence-corrected chi connectivity index (χ1v) is 11.9. The SMILES string of the molecule is CCCOC(=O)c1ccc(N2C(=O)C(=O)/C(=C(\O)c3ccc4c(c3)OCO4)C2c2cccc(C)c2)cc1. The van der Waals surface area contributed by atoms with E-state index in [9.17, 15) is 19.5 Å². The van der Waals surface area contributed by atoms with Crippen LogP contribution in [0.3, 0.4) is 0 Å². The Morgan fingerprint density at radius 1 is 1.00 bits per heavy atom. The maximum Gasteiger partial charge on any atom is 0.338 e. The molecule has 0 spiro atoms. The molecule has 8 heteroatoms. The maximum absolute atomic E-state index is 13.4. The second-order valence-corrected chi connectivity index (χ2v) is 8.83. The lowest BCUT2D eigenvalue weighted by Crippen LogP contribution is -2.29. The number of hydrogen-bond acceptors (Lipinski definition) is 7. The summed E-state index contributed by atoms with van der Waals surface area (Å²) in [5.41, 5.74) is 2.62. The number of amides is 1. The highest BCUT2D eigenvalue weighted by molar-refractivity contribution is 6.51. The van der Waals surface area contributed by atoms with E-state index < -0.39 is 23.7 Å². The van der Waals surface area contributed by atoms with Crippen molar-refractivity contribution in [3.63, 3.8) is 0 Å². The van der Waals surface area contributed by atoms with Crippen LogP contribution in [0, 0.1) is 6.92 Å². The van der Waals surface area contributed by atoms with Gasteiger partial charge in [-0.3, -0.25) is 14.5 Å². The number of rotatable bonds is 6. The third-order valence-electron chi connectivity index (χ3n) is 6.27. The lowest BCUT2D eigenvalue weighted by atomic mass is 9.94. The first kappa shape index (κ1) is 24.1. The zero-order valence-corrected chi connectivity index (χ0v) is 20.4. The number of ether oxygens (including phenoxy) is 3. The van der Waals surface area contributed by atoms with E-state index in [1.54, 1.807) is 48.5 Å². The van der Waals surface area contributed by atoms with Crippen LogP contribution in [0.5, 0.6) is 11.5 Å². The summed E-state index contributed by atoms with van der Waals surface area (Å²) in [5, 5.41) is 11.3. The largest absolute Gasteiger partial charge is 0.507 e. The van der Waals surface area contributed by atoms with Crippen molar-refractivity contribution >= 4 is 29.1 Å². The van der Waals surface area contributed by atoms with Gasteiger partial charge in [-0.2, -0.15) is 0 Å². The summed E-state index contributed by atoms with van der Waals surface area (Å²) in [7, 11) is 0. The second-order valence-electron chi connectivity index (χ2n) is 8.83. The van der Waals surface area contributed by atoms with E-state index in [1.807, 2.05) is 32.0 Å². The standard InChI is InChI=1S/C29H25NO7/c1-3-13-35-29(34)18-7-10-21(11-8-18)30-25(19-6-4-5-17(2)14-19)24(27(32)28(30)33)26(31)20-9-12-22-23(15-20)37-16-36-22/h4-12,14-15,25,31H,3,13,16H2,1-2H3/b26-24-. The molecule has 0 saturated carbocycles. The highest BCUT2D eigenvalue weighted by Crippen LogP contribution is 2.43. The first-order valence-electron chi connectivity index (χ1n) is 11.9. The molecule has 3 aromatic carbocycles. The van der Waals surface area contributed by atoms with E-state index in [-0.39, 0.29) is 18.1 Å². The fourth-order valence-electron chi connectivity index (χ4n) is 4.49. The van der Waals surface area contributed by atoms with Crippen molar-refractivity contribution in [1.29, 1.82) is 0 Å². The average Bonchev–Trinajstić information content (AvgIpc) is 3.48. The number of benzene rings is 3.